The third-order valence-electron chi connectivity index (χ3n) is 4.70. The van der Waals surface area contributed by atoms with Gasteiger partial charge in [0.05, 0.1) is 23.5 Å². The molecule has 3 N–H and O–H groups in total. The maximum absolute atomic E-state index is 12.1. The molecule has 2 aliphatic rings. The number of urea groups is 1. The highest BCUT2D eigenvalue weighted by atomic mass is 35.5. The molecular weight excluding hydrogens is 358 g/mol. The van der Waals surface area contributed by atoms with E-state index in [0.29, 0.717) is 11.6 Å². The number of carbonyl (C=O) groups excluding carboxylic acids is 1. The lowest BCUT2D eigenvalue weighted by Crippen LogP contribution is -2.55. The van der Waals surface area contributed by atoms with Crippen LogP contribution in [0.1, 0.15) is 31.4 Å². The van der Waals surface area contributed by atoms with Crippen LogP contribution in [0.5, 0.6) is 0 Å². The largest absolute Gasteiger partial charge is 0.480 e. The molecule has 0 aromatic carbocycles. The van der Waals surface area contributed by atoms with Crippen molar-refractivity contribution < 1.29 is 14.7 Å². The van der Waals surface area contributed by atoms with Crippen molar-refractivity contribution in [3.05, 3.63) is 23.0 Å². The number of nitrogens with zero attached hydrogens (tertiary/aromatic N) is 3. The number of aromatic nitrogens is 1. The Hall–Kier alpha value is -2.37. The Bertz CT molecular complexity index is 740. The number of rotatable bonds is 7. The van der Waals surface area contributed by atoms with Gasteiger partial charge in [0, 0.05) is 18.6 Å². The van der Waals surface area contributed by atoms with Crippen molar-refractivity contribution in [2.24, 2.45) is 5.92 Å². The van der Waals surface area contributed by atoms with Gasteiger partial charge in [-0.2, -0.15) is 5.26 Å². The first-order chi connectivity index (χ1) is 12.4. The van der Waals surface area contributed by atoms with E-state index in [2.05, 4.69) is 15.6 Å². The highest BCUT2D eigenvalue weighted by molar-refractivity contribution is 6.31. The quantitative estimate of drug-likeness (QED) is 0.669. The molecule has 1 heterocycles. The zero-order chi connectivity index (χ0) is 18.7. The summed E-state index contributed by atoms with van der Waals surface area (Å²) in [5.74, 6) is -0.191. The summed E-state index contributed by atoms with van der Waals surface area (Å²) in [5.41, 5.74) is 0.511. The average Bonchev–Trinajstić information content (AvgIpc) is 3.33. The van der Waals surface area contributed by atoms with Crippen molar-refractivity contribution in [3.63, 3.8) is 0 Å². The van der Waals surface area contributed by atoms with E-state index < -0.39 is 5.97 Å². The van der Waals surface area contributed by atoms with Crippen LogP contribution in [0.3, 0.4) is 0 Å². The number of pyridine rings is 1. The fourth-order valence-electron chi connectivity index (χ4n) is 3.09. The SMILES string of the molecule is N#Cc1ncc(NC(=O)NC2CC(N(CC(=O)O)CC3CC3)C2)cc1Cl. The Morgan fingerprint density at radius 2 is 2.15 bits per heavy atom. The lowest BCUT2D eigenvalue weighted by atomic mass is 9.85. The van der Waals surface area contributed by atoms with Crippen LogP contribution in [0.25, 0.3) is 0 Å². The molecule has 138 valence electrons. The Morgan fingerprint density at radius 1 is 1.42 bits per heavy atom. The minimum atomic E-state index is -0.815. The first-order valence-electron chi connectivity index (χ1n) is 8.53. The highest BCUT2D eigenvalue weighted by Crippen LogP contribution is 2.33. The van der Waals surface area contributed by atoms with Gasteiger partial charge in [0.15, 0.2) is 5.69 Å². The van der Waals surface area contributed by atoms with Gasteiger partial charge in [0.2, 0.25) is 0 Å². The van der Waals surface area contributed by atoms with Crippen molar-refractivity contribution in [2.45, 2.75) is 37.8 Å². The minimum Gasteiger partial charge on any atom is -0.480 e. The van der Waals surface area contributed by atoms with Gasteiger partial charge in [-0.05, 0) is 37.7 Å². The smallest absolute Gasteiger partial charge is 0.319 e. The van der Waals surface area contributed by atoms with Gasteiger partial charge in [-0.25, -0.2) is 9.78 Å². The van der Waals surface area contributed by atoms with Crippen molar-refractivity contribution in [1.82, 2.24) is 15.2 Å². The standard InChI is InChI=1S/C17H20ClN5O3/c18-14-5-12(7-20-15(14)6-19)22-17(26)21-11-3-13(4-11)23(9-16(24)25)8-10-1-2-10/h5,7,10-11,13H,1-4,8-9H2,(H,24,25)(H2,21,22,26). The van der Waals surface area contributed by atoms with E-state index in [4.69, 9.17) is 22.0 Å². The van der Waals surface area contributed by atoms with E-state index in [1.807, 2.05) is 11.0 Å². The topological polar surface area (TPSA) is 118 Å². The van der Waals surface area contributed by atoms with E-state index in [-0.39, 0.29) is 35.4 Å². The number of hydrogen-bond donors (Lipinski definition) is 3. The molecule has 0 saturated heterocycles. The molecule has 1 aromatic rings. The lowest BCUT2D eigenvalue weighted by Gasteiger charge is -2.42. The van der Waals surface area contributed by atoms with Crippen molar-refractivity contribution in [1.29, 1.82) is 5.26 Å². The first kappa shape index (κ1) is 18.4. The lowest BCUT2D eigenvalue weighted by molar-refractivity contribution is -0.139. The number of amides is 2. The van der Waals surface area contributed by atoms with E-state index >= 15 is 0 Å². The van der Waals surface area contributed by atoms with Gasteiger partial charge in [0.1, 0.15) is 6.07 Å². The number of nitrogens with one attached hydrogen (secondary N) is 2. The average molecular weight is 378 g/mol. The van der Waals surface area contributed by atoms with E-state index in [1.165, 1.54) is 25.1 Å². The van der Waals surface area contributed by atoms with E-state index in [1.54, 1.807) is 0 Å². The number of carboxylic acids is 1. The van der Waals surface area contributed by atoms with Crippen LogP contribution >= 0.6 is 11.6 Å². The summed E-state index contributed by atoms with van der Waals surface area (Å²) in [6.07, 6.45) is 5.19. The van der Waals surface area contributed by atoms with E-state index in [9.17, 15) is 9.59 Å². The van der Waals surface area contributed by atoms with Crippen molar-refractivity contribution in [2.75, 3.05) is 18.4 Å². The molecule has 0 unspecified atom stereocenters. The zero-order valence-electron chi connectivity index (χ0n) is 14.1. The Kier molecular flexibility index (Phi) is 5.59. The number of aliphatic carboxylic acids is 1. The molecule has 2 aliphatic carbocycles. The molecule has 0 aliphatic heterocycles. The van der Waals surface area contributed by atoms with Crippen LogP contribution in [-0.2, 0) is 4.79 Å². The third-order valence-corrected chi connectivity index (χ3v) is 4.99. The summed E-state index contributed by atoms with van der Waals surface area (Å²) in [6.45, 7) is 0.876. The minimum absolute atomic E-state index is 0.0114. The predicted molar refractivity (Wildman–Crippen MR) is 94.9 cm³/mol. The molecule has 0 bridgehead atoms. The summed E-state index contributed by atoms with van der Waals surface area (Å²) in [6, 6.07) is 3.16. The number of halogens is 1. The Balaban J connectivity index is 1.45. The first-order valence-corrected chi connectivity index (χ1v) is 8.91. The second-order valence-electron chi connectivity index (χ2n) is 6.85. The number of carboxylic acid groups (broad SMARTS) is 1. The molecular formula is C17H20ClN5O3. The Labute approximate surface area is 156 Å². The maximum atomic E-state index is 12.1. The predicted octanol–water partition coefficient (Wildman–Crippen LogP) is 2.06. The van der Waals surface area contributed by atoms with Gasteiger partial charge in [-0.15, -0.1) is 0 Å². The monoisotopic (exact) mass is 377 g/mol. The molecule has 0 spiro atoms. The molecule has 2 saturated carbocycles. The van der Waals surface area contributed by atoms with Crippen LogP contribution in [0.4, 0.5) is 10.5 Å². The molecule has 2 amide bonds. The van der Waals surface area contributed by atoms with E-state index in [0.717, 1.165) is 19.4 Å². The molecule has 26 heavy (non-hydrogen) atoms. The second kappa shape index (κ2) is 7.89. The summed E-state index contributed by atoms with van der Waals surface area (Å²) in [7, 11) is 0. The number of nitriles is 1. The molecule has 0 radical (unpaired) electrons. The second-order valence-corrected chi connectivity index (χ2v) is 7.26. The molecule has 0 atom stereocenters. The van der Waals surface area contributed by atoms with Gasteiger partial charge < -0.3 is 15.7 Å². The van der Waals surface area contributed by atoms with Gasteiger partial charge in [-0.3, -0.25) is 9.69 Å². The fraction of sp³-hybridized carbons (Fsp3) is 0.529. The van der Waals surface area contributed by atoms with Crippen LogP contribution in [0.2, 0.25) is 5.02 Å². The third kappa shape index (κ3) is 4.84. The van der Waals surface area contributed by atoms with Crippen LogP contribution in [0.15, 0.2) is 12.3 Å². The molecule has 1 aromatic heterocycles. The van der Waals surface area contributed by atoms with Crippen LogP contribution in [-0.4, -0.2) is 52.2 Å². The van der Waals surface area contributed by atoms with Crippen LogP contribution < -0.4 is 10.6 Å². The van der Waals surface area contributed by atoms with Crippen LogP contribution in [0, 0.1) is 17.2 Å². The number of hydrogen-bond acceptors (Lipinski definition) is 5. The normalized spacial score (nSPS) is 21.6. The summed E-state index contributed by atoms with van der Waals surface area (Å²) in [5, 5.41) is 23.5. The van der Waals surface area contributed by atoms with Crippen molar-refractivity contribution >= 4 is 29.3 Å². The molecule has 3 rings (SSSR count). The molecule has 8 nitrogen and oxygen atoms in total. The van der Waals surface area contributed by atoms with Gasteiger partial charge >= 0.3 is 12.0 Å². The fourth-order valence-corrected chi connectivity index (χ4v) is 3.30. The Morgan fingerprint density at radius 3 is 2.73 bits per heavy atom. The van der Waals surface area contributed by atoms with Gasteiger partial charge in [-0.1, -0.05) is 11.6 Å². The summed E-state index contributed by atoms with van der Waals surface area (Å²) < 4.78 is 0. The van der Waals surface area contributed by atoms with Crippen molar-refractivity contribution in [3.8, 4) is 6.07 Å². The molecule has 2 fully saturated rings. The number of carbonyl (C=O) groups is 2. The summed E-state index contributed by atoms with van der Waals surface area (Å²) >= 11 is 5.89. The van der Waals surface area contributed by atoms with Gasteiger partial charge in [0.25, 0.3) is 0 Å². The molecule has 9 heteroatoms. The number of anilines is 1. The zero-order valence-corrected chi connectivity index (χ0v) is 14.9. The summed E-state index contributed by atoms with van der Waals surface area (Å²) in [4.78, 5) is 29.0. The highest BCUT2D eigenvalue weighted by Gasteiger charge is 2.37. The maximum Gasteiger partial charge on any atom is 0.319 e.